The minimum Gasteiger partial charge on any atom is -0.322 e. The Hall–Kier alpha value is -2.87. The van der Waals surface area contributed by atoms with E-state index in [0.29, 0.717) is 12.0 Å². The summed E-state index contributed by atoms with van der Waals surface area (Å²) in [5, 5.41) is 4.38. The maximum absolute atomic E-state index is 12.8. The molecule has 0 spiro atoms. The summed E-state index contributed by atoms with van der Waals surface area (Å²) in [5.41, 5.74) is 1.82. The summed E-state index contributed by atoms with van der Waals surface area (Å²) < 4.78 is 0. The molecular weight excluding hydrogens is 412 g/mol. The lowest BCUT2D eigenvalue weighted by atomic mass is 9.94. The Bertz CT molecular complexity index is 920. The average molecular weight is 441 g/mol. The molecule has 2 heterocycles. The molecule has 1 aliphatic rings. The van der Waals surface area contributed by atoms with E-state index in [2.05, 4.69) is 22.7 Å². The van der Waals surface area contributed by atoms with E-state index in [1.54, 1.807) is 37.4 Å². The zero-order chi connectivity index (χ0) is 22.3. The zero-order valence-electron chi connectivity index (χ0n) is 17.9. The van der Waals surface area contributed by atoms with Crippen LogP contribution in [-0.2, 0) is 4.79 Å². The van der Waals surface area contributed by atoms with Gasteiger partial charge < -0.3 is 5.32 Å². The summed E-state index contributed by atoms with van der Waals surface area (Å²) in [6.45, 7) is 3.86. The molecule has 0 aliphatic carbocycles. The van der Waals surface area contributed by atoms with Crippen molar-refractivity contribution in [2.45, 2.75) is 67.8 Å². The third-order valence-corrected chi connectivity index (χ3v) is 6.19. The van der Waals surface area contributed by atoms with Crippen molar-refractivity contribution in [3.63, 3.8) is 0 Å². The van der Waals surface area contributed by atoms with Crippen molar-refractivity contribution in [1.29, 1.82) is 0 Å². The summed E-state index contributed by atoms with van der Waals surface area (Å²) in [4.78, 5) is 42.9. The Morgan fingerprint density at radius 1 is 1.10 bits per heavy atom. The number of imide groups is 1. The Kier molecular flexibility index (Phi) is 7.68. The second kappa shape index (κ2) is 10.4. The fraction of sp³-hybridized carbons (Fsp3) is 0.391. The summed E-state index contributed by atoms with van der Waals surface area (Å²) in [6, 6.07) is 12.0. The predicted octanol–water partition coefficient (Wildman–Crippen LogP) is 4.55. The molecule has 3 rings (SSSR count). The zero-order valence-corrected chi connectivity index (χ0v) is 18.7. The second-order valence-electron chi connectivity index (χ2n) is 7.80. The van der Waals surface area contributed by atoms with E-state index in [-0.39, 0.29) is 0 Å². The van der Waals surface area contributed by atoms with Gasteiger partial charge in [0.2, 0.25) is 0 Å². The monoisotopic (exact) mass is 440 g/mol. The summed E-state index contributed by atoms with van der Waals surface area (Å²) in [5.74, 6) is -0.936. The van der Waals surface area contributed by atoms with E-state index in [0.717, 1.165) is 40.6 Å². The van der Waals surface area contributed by atoms with Gasteiger partial charge >= 0.3 is 6.03 Å². The average Bonchev–Trinajstić information content (AvgIpc) is 2.98. The molecule has 1 atom stereocenters. The van der Waals surface area contributed by atoms with Gasteiger partial charge in [-0.25, -0.2) is 9.78 Å². The molecule has 1 aliphatic heterocycles. The molecule has 7 nitrogen and oxygen atoms in total. The van der Waals surface area contributed by atoms with Crippen LogP contribution in [0.15, 0.2) is 58.6 Å². The quantitative estimate of drug-likeness (QED) is 0.418. The van der Waals surface area contributed by atoms with Gasteiger partial charge in [-0.3, -0.25) is 15.0 Å². The smallest absolute Gasteiger partial charge is 0.322 e. The number of aromatic nitrogens is 1. The number of carbonyl (C=O) groups excluding carboxylic acids is 3. The van der Waals surface area contributed by atoms with Gasteiger partial charge in [-0.05, 0) is 49.7 Å². The largest absolute Gasteiger partial charge is 0.344 e. The number of benzene rings is 1. The van der Waals surface area contributed by atoms with Crippen LogP contribution in [0.1, 0.15) is 62.7 Å². The number of nitrogens with one attached hydrogen (secondary N) is 2. The van der Waals surface area contributed by atoms with Gasteiger partial charge in [-0.2, -0.15) is 5.01 Å². The minimum atomic E-state index is -0.986. The van der Waals surface area contributed by atoms with Crippen molar-refractivity contribution in [1.82, 2.24) is 20.7 Å². The van der Waals surface area contributed by atoms with Crippen molar-refractivity contribution in [2.24, 2.45) is 0 Å². The number of pyridine rings is 1. The molecule has 4 amide bonds. The maximum atomic E-state index is 12.8. The van der Waals surface area contributed by atoms with E-state index in [1.807, 2.05) is 18.2 Å². The van der Waals surface area contributed by atoms with Crippen molar-refractivity contribution in [2.75, 3.05) is 0 Å². The van der Waals surface area contributed by atoms with Crippen LogP contribution in [0.25, 0.3) is 0 Å². The number of hydrogen-bond acceptors (Lipinski definition) is 5. The predicted molar refractivity (Wildman–Crippen MR) is 119 cm³/mol. The summed E-state index contributed by atoms with van der Waals surface area (Å²) in [6.07, 6.45) is 7.56. The van der Waals surface area contributed by atoms with Crippen LogP contribution in [0, 0.1) is 0 Å². The Labute approximate surface area is 187 Å². The lowest BCUT2D eigenvalue weighted by molar-refractivity contribution is -0.132. The number of nitrogens with zero attached hydrogens (tertiary/aromatic N) is 2. The van der Waals surface area contributed by atoms with Gasteiger partial charge in [0.1, 0.15) is 10.6 Å². The first-order chi connectivity index (χ1) is 14.9. The van der Waals surface area contributed by atoms with Crippen LogP contribution in [0.4, 0.5) is 4.79 Å². The van der Waals surface area contributed by atoms with Gasteiger partial charge in [0.25, 0.3) is 11.8 Å². The molecule has 1 aromatic heterocycles. The number of unbranched alkanes of at least 4 members (excludes halogenated alkanes) is 4. The van der Waals surface area contributed by atoms with Gasteiger partial charge in [0, 0.05) is 16.7 Å². The number of rotatable bonds is 10. The van der Waals surface area contributed by atoms with E-state index in [4.69, 9.17) is 0 Å². The molecule has 1 saturated heterocycles. The maximum Gasteiger partial charge on any atom is 0.344 e. The molecule has 2 N–H and O–H groups in total. The number of hydrazine groups is 1. The van der Waals surface area contributed by atoms with Gasteiger partial charge in [-0.15, -0.1) is 0 Å². The first-order valence-corrected chi connectivity index (χ1v) is 11.4. The molecule has 0 radical (unpaired) electrons. The van der Waals surface area contributed by atoms with Crippen LogP contribution in [-0.4, -0.2) is 33.4 Å². The topological polar surface area (TPSA) is 91.4 Å². The molecule has 1 aromatic carbocycles. The molecule has 164 valence electrons. The normalized spacial score (nSPS) is 18.2. The van der Waals surface area contributed by atoms with E-state index >= 15 is 0 Å². The Morgan fingerprint density at radius 3 is 2.52 bits per heavy atom. The molecule has 0 saturated carbocycles. The van der Waals surface area contributed by atoms with Gasteiger partial charge in [0.05, 0.1) is 0 Å². The highest BCUT2D eigenvalue weighted by Crippen LogP contribution is 2.26. The summed E-state index contributed by atoms with van der Waals surface area (Å²) >= 11 is 1.48. The molecule has 8 heteroatoms. The Morgan fingerprint density at radius 2 is 1.84 bits per heavy atom. The third-order valence-electron chi connectivity index (χ3n) is 5.23. The Balaban J connectivity index is 1.57. The molecule has 31 heavy (non-hydrogen) atoms. The molecule has 1 fully saturated rings. The van der Waals surface area contributed by atoms with Crippen molar-refractivity contribution >= 4 is 29.6 Å². The highest BCUT2D eigenvalue weighted by Gasteiger charge is 2.48. The first-order valence-electron chi connectivity index (χ1n) is 10.6. The van der Waals surface area contributed by atoms with Crippen LogP contribution < -0.4 is 10.7 Å². The van der Waals surface area contributed by atoms with Crippen LogP contribution in [0.3, 0.4) is 0 Å². The number of urea groups is 1. The van der Waals surface area contributed by atoms with Crippen molar-refractivity contribution < 1.29 is 14.4 Å². The van der Waals surface area contributed by atoms with E-state index < -0.39 is 23.4 Å². The van der Waals surface area contributed by atoms with Crippen LogP contribution in [0.2, 0.25) is 0 Å². The molecule has 0 bridgehead atoms. The fourth-order valence-corrected chi connectivity index (χ4v) is 4.18. The minimum absolute atomic E-state index is 0.360. The SMILES string of the molecule is CCCCCCCC1(C)NC(=O)N(NC(=O)c2ccc(Sc3ccccn3)cc2)C1=O. The van der Waals surface area contributed by atoms with Gasteiger partial charge in [-0.1, -0.05) is 56.9 Å². The first kappa shape index (κ1) is 22.8. The highest BCUT2D eigenvalue weighted by atomic mass is 32.2. The molecular formula is C23H28N4O3S. The van der Waals surface area contributed by atoms with Crippen molar-refractivity contribution in [3.05, 3.63) is 54.2 Å². The number of amides is 4. The van der Waals surface area contributed by atoms with E-state index in [9.17, 15) is 14.4 Å². The van der Waals surface area contributed by atoms with E-state index in [1.165, 1.54) is 18.2 Å². The van der Waals surface area contributed by atoms with Crippen molar-refractivity contribution in [3.8, 4) is 0 Å². The number of hydrogen-bond donors (Lipinski definition) is 2. The lowest BCUT2D eigenvalue weighted by Crippen LogP contribution is -2.48. The molecule has 2 aromatic rings. The standard InChI is InChI=1S/C23H28N4O3S/c1-3-4-5-6-8-15-23(2)21(29)27(22(30)25-23)26-20(28)17-11-13-18(14-12-17)31-19-10-7-9-16-24-19/h7,9-14,16H,3-6,8,15H2,1-2H3,(H,25,30)(H,26,28). The molecule has 1 unspecified atom stereocenters. The third kappa shape index (κ3) is 5.85. The van der Waals surface area contributed by atoms with Crippen LogP contribution in [0.5, 0.6) is 0 Å². The lowest BCUT2D eigenvalue weighted by Gasteiger charge is -2.21. The summed E-state index contributed by atoms with van der Waals surface area (Å²) in [7, 11) is 0. The van der Waals surface area contributed by atoms with Gasteiger partial charge in [0.15, 0.2) is 0 Å². The number of carbonyl (C=O) groups is 3. The highest BCUT2D eigenvalue weighted by molar-refractivity contribution is 7.99. The van der Waals surface area contributed by atoms with Crippen LogP contribution >= 0.6 is 11.8 Å². The second-order valence-corrected chi connectivity index (χ2v) is 8.90. The fourth-order valence-electron chi connectivity index (χ4n) is 3.41.